The first-order valence-corrected chi connectivity index (χ1v) is 13.7. The van der Waals surface area contributed by atoms with E-state index in [1.807, 2.05) is 0 Å². The zero-order chi connectivity index (χ0) is 39.6. The van der Waals surface area contributed by atoms with Gasteiger partial charge in [-0.2, -0.15) is 0 Å². The summed E-state index contributed by atoms with van der Waals surface area (Å²) in [7, 11) is 0. The highest BCUT2D eigenvalue weighted by atomic mass is 16.3. The molecule has 0 saturated carbocycles. The maximum absolute atomic E-state index is 9.85. The van der Waals surface area contributed by atoms with Gasteiger partial charge in [0.25, 0.3) is 0 Å². The van der Waals surface area contributed by atoms with Crippen molar-refractivity contribution in [2.75, 3.05) is 0 Å². The molecule has 1 heteroatoms. The van der Waals surface area contributed by atoms with Crippen LogP contribution in [0.1, 0.15) is 17.8 Å². The van der Waals surface area contributed by atoms with Crippen LogP contribution in [0.3, 0.4) is 0 Å². The third kappa shape index (κ3) is 3.65. The Kier molecular flexibility index (Phi) is 3.18. The Morgan fingerprint density at radius 3 is 1.70 bits per heavy atom. The summed E-state index contributed by atoms with van der Waals surface area (Å²) >= 11 is 0. The molecule has 0 bridgehead atoms. The second-order valence-corrected chi connectivity index (χ2v) is 10.2. The molecule has 9 rings (SSSR count). The van der Waals surface area contributed by atoms with Gasteiger partial charge in [0, 0.05) is 16.3 Å². The summed E-state index contributed by atoms with van der Waals surface area (Å²) in [5, 5.41) is 1.99. The van der Waals surface area contributed by atoms with Crippen LogP contribution in [0.2, 0.25) is 0 Å². The fraction of sp³-hybridized carbons (Fsp3) is 0. The predicted octanol–water partition coefficient (Wildman–Crippen LogP) is 12.0. The van der Waals surface area contributed by atoms with E-state index in [4.69, 9.17) is 16.8 Å². The molecule has 0 amide bonds. The van der Waals surface area contributed by atoms with E-state index < -0.39 is 36.3 Å². The Morgan fingerprint density at radius 1 is 0.395 bits per heavy atom. The van der Waals surface area contributed by atoms with Gasteiger partial charge in [-0.25, -0.2) is 0 Å². The number of benzene rings is 8. The van der Waals surface area contributed by atoms with Gasteiger partial charge in [0.1, 0.15) is 11.2 Å². The molecular formula is C42H26O. The molecule has 0 saturated heterocycles. The fourth-order valence-electron chi connectivity index (χ4n) is 6.09. The summed E-state index contributed by atoms with van der Waals surface area (Å²) in [5.74, 6) is 0. The summed E-state index contributed by atoms with van der Waals surface area (Å²) in [6, 6.07) is 17.4. The Bertz CT molecular complexity index is 3140. The molecule has 9 aromatic rings. The van der Waals surface area contributed by atoms with Crippen molar-refractivity contribution in [3.8, 4) is 33.4 Å². The van der Waals surface area contributed by atoms with Crippen molar-refractivity contribution in [3.63, 3.8) is 0 Å². The summed E-state index contributed by atoms with van der Waals surface area (Å²) < 4.78 is 122. The minimum Gasteiger partial charge on any atom is -0.455 e. The van der Waals surface area contributed by atoms with Gasteiger partial charge < -0.3 is 4.42 Å². The highest BCUT2D eigenvalue weighted by Gasteiger charge is 2.19. The van der Waals surface area contributed by atoms with Gasteiger partial charge in [0.05, 0.1) is 17.8 Å². The number of furan rings is 1. The van der Waals surface area contributed by atoms with Gasteiger partial charge in [-0.15, -0.1) is 0 Å². The van der Waals surface area contributed by atoms with Crippen LogP contribution >= 0.6 is 0 Å². The first kappa shape index (κ1) is 14.5. The van der Waals surface area contributed by atoms with Crippen molar-refractivity contribution < 1.29 is 22.2 Å². The first-order valence-electron chi connectivity index (χ1n) is 20.2. The summed E-state index contributed by atoms with van der Waals surface area (Å²) in [6.45, 7) is 0. The summed E-state index contributed by atoms with van der Waals surface area (Å²) in [6.07, 6.45) is 0. The second kappa shape index (κ2) is 9.44. The summed E-state index contributed by atoms with van der Waals surface area (Å²) in [5.41, 5.74) is 1.45. The van der Waals surface area contributed by atoms with E-state index in [1.54, 1.807) is 78.9 Å². The van der Waals surface area contributed by atoms with Gasteiger partial charge in [-0.05, 0) is 78.3 Å². The van der Waals surface area contributed by atoms with Gasteiger partial charge in [0.15, 0.2) is 0 Å². The number of hydrogen-bond donors (Lipinski definition) is 0. The van der Waals surface area contributed by atoms with Crippen LogP contribution in [-0.2, 0) is 0 Å². The van der Waals surface area contributed by atoms with E-state index in [2.05, 4.69) is 0 Å². The Balaban J connectivity index is 1.50. The molecule has 0 spiro atoms. The lowest BCUT2D eigenvalue weighted by Crippen LogP contribution is -1.90. The van der Waals surface area contributed by atoms with Gasteiger partial charge in [-0.3, -0.25) is 0 Å². The van der Waals surface area contributed by atoms with Gasteiger partial charge >= 0.3 is 0 Å². The second-order valence-electron chi connectivity index (χ2n) is 10.2. The van der Waals surface area contributed by atoms with Crippen LogP contribution in [0.5, 0.6) is 0 Å². The zero-order valence-electron chi connectivity index (χ0n) is 35.4. The number of fused-ring (bicyclic) bond motifs is 6. The monoisotopic (exact) mass is 559 g/mol. The molecule has 0 radical (unpaired) electrons. The van der Waals surface area contributed by atoms with Crippen molar-refractivity contribution in [3.05, 3.63) is 157 Å². The number of rotatable bonds is 3. The highest BCUT2D eigenvalue weighted by molar-refractivity contribution is 6.23. The van der Waals surface area contributed by atoms with Crippen LogP contribution in [0.4, 0.5) is 0 Å². The molecule has 0 aliphatic carbocycles. The largest absolute Gasteiger partial charge is 0.455 e. The Morgan fingerprint density at radius 2 is 1.00 bits per heavy atom. The van der Waals surface area contributed by atoms with E-state index in [9.17, 15) is 5.48 Å². The molecule has 0 aliphatic rings. The molecule has 1 aromatic heterocycles. The normalized spacial score (nSPS) is 16.0. The lowest BCUT2D eigenvalue weighted by molar-refractivity contribution is 0.670. The van der Waals surface area contributed by atoms with Crippen LogP contribution in [-0.4, -0.2) is 0 Å². The molecule has 43 heavy (non-hydrogen) atoms. The van der Waals surface area contributed by atoms with E-state index in [0.29, 0.717) is 38.2 Å². The van der Waals surface area contributed by atoms with Crippen LogP contribution < -0.4 is 0 Å². The number of hydrogen-bond acceptors (Lipinski definition) is 1. The van der Waals surface area contributed by atoms with Crippen LogP contribution in [0, 0.1) is 0 Å². The van der Waals surface area contributed by atoms with Crippen LogP contribution in [0.25, 0.3) is 87.6 Å². The van der Waals surface area contributed by atoms with Crippen molar-refractivity contribution >= 4 is 54.3 Å². The average molecular weight is 560 g/mol. The fourth-order valence-corrected chi connectivity index (χ4v) is 6.09. The summed E-state index contributed by atoms with van der Waals surface area (Å²) in [4.78, 5) is 0. The lowest BCUT2D eigenvalue weighted by atomic mass is 9.85. The van der Waals surface area contributed by atoms with E-state index >= 15 is 0 Å². The lowest BCUT2D eigenvalue weighted by Gasteiger charge is -2.17. The zero-order valence-corrected chi connectivity index (χ0v) is 22.4. The van der Waals surface area contributed by atoms with E-state index in [0.717, 1.165) is 0 Å². The molecule has 0 aliphatic heterocycles. The molecular weight excluding hydrogens is 520 g/mol. The molecule has 0 N–H and O–H groups in total. The van der Waals surface area contributed by atoms with Gasteiger partial charge in [-0.1, -0.05) is 139 Å². The topological polar surface area (TPSA) is 13.1 Å². The standard InChI is InChI=1S/C42H26O/c1-3-13-27(14-4-1)39-32-19-9-11-21-34(32)40(35-22-12-10-20-33(35)39)30-23-24-38-36(26-30)37-25-29-17-7-8-18-31(29)41(42(37)43-38)28-15-5-2-6-16-28/h1-26H/i1D,3D,4D,7D,8D,13D,14D,17D,18D,23D,24D,25D,26D. The maximum atomic E-state index is 9.85. The predicted molar refractivity (Wildman–Crippen MR) is 183 cm³/mol. The molecule has 0 atom stereocenters. The molecule has 200 valence electrons. The van der Waals surface area contributed by atoms with Crippen molar-refractivity contribution in [1.82, 2.24) is 0 Å². The minimum absolute atomic E-state index is 0.00617. The third-order valence-corrected chi connectivity index (χ3v) is 7.87. The molecule has 1 heterocycles. The van der Waals surface area contributed by atoms with Gasteiger partial charge in [0.2, 0.25) is 0 Å². The smallest absolute Gasteiger partial charge is 0.143 e. The molecule has 0 fully saturated rings. The SMILES string of the molecule is [2H]c1c([2H])c([2H])c(-c2c3ccccc3c(-c3c([2H])c([2H])c4oc5c(-c6ccccc6)c6c([2H])c([2H])c([2H])c([2H])c6c([2H])c5c4c3[2H])c3ccccc23)c([2H])c1[2H]. The Labute approximate surface area is 267 Å². The minimum atomic E-state index is -0.527. The van der Waals surface area contributed by atoms with Crippen molar-refractivity contribution in [1.29, 1.82) is 0 Å². The maximum Gasteiger partial charge on any atom is 0.143 e. The first-order chi connectivity index (χ1) is 26.8. The quantitative estimate of drug-likeness (QED) is 0.196. The average Bonchev–Trinajstić information content (AvgIpc) is 3.62. The molecule has 8 aromatic carbocycles. The van der Waals surface area contributed by atoms with Crippen molar-refractivity contribution in [2.45, 2.75) is 0 Å². The van der Waals surface area contributed by atoms with Crippen molar-refractivity contribution in [2.24, 2.45) is 0 Å². The van der Waals surface area contributed by atoms with E-state index in [1.165, 1.54) is 0 Å². The molecule has 0 unspecified atom stereocenters. The third-order valence-electron chi connectivity index (χ3n) is 7.87. The van der Waals surface area contributed by atoms with Crippen LogP contribution in [0.15, 0.2) is 162 Å². The highest BCUT2D eigenvalue weighted by Crippen LogP contribution is 2.46. The Hall–Kier alpha value is -5.66. The molecule has 1 nitrogen and oxygen atoms in total. The van der Waals surface area contributed by atoms with E-state index in [-0.39, 0.29) is 91.7 Å².